The molecule has 22 heavy (non-hydrogen) atoms. The van der Waals surface area contributed by atoms with Crippen LogP contribution >= 0.6 is 0 Å². The Morgan fingerprint density at radius 3 is 2.36 bits per heavy atom. The second-order valence-corrected chi connectivity index (χ2v) is 4.22. The minimum absolute atomic E-state index is 0.0131. The van der Waals surface area contributed by atoms with E-state index < -0.39 is 21.2 Å². The molecule has 0 unspecified atom stereocenters. The second kappa shape index (κ2) is 5.95. The highest BCUT2D eigenvalue weighted by atomic mass is 16.6. The summed E-state index contributed by atoms with van der Waals surface area (Å²) in [4.78, 5) is 20.3. The number of ether oxygens (including phenoxy) is 1. The predicted octanol–water partition coefficient (Wildman–Crippen LogP) is 2.96. The number of phenolic OH excluding ortho intramolecular Hbond substituents is 1. The number of hydrogen-bond donors (Lipinski definition) is 2. The first kappa shape index (κ1) is 15.0. The van der Waals surface area contributed by atoms with Gasteiger partial charge in [-0.15, -0.1) is 0 Å². The van der Waals surface area contributed by atoms with E-state index in [-0.39, 0.29) is 17.1 Å². The van der Waals surface area contributed by atoms with Gasteiger partial charge in [-0.1, -0.05) is 0 Å². The van der Waals surface area contributed by atoms with Gasteiger partial charge in [0.05, 0.1) is 28.7 Å². The Morgan fingerprint density at radius 2 is 1.77 bits per heavy atom. The van der Waals surface area contributed by atoms with Crippen molar-refractivity contribution in [1.29, 1.82) is 0 Å². The maximum absolute atomic E-state index is 11.1. The first-order chi connectivity index (χ1) is 10.4. The van der Waals surface area contributed by atoms with Crippen LogP contribution < -0.4 is 10.1 Å². The van der Waals surface area contributed by atoms with Crippen LogP contribution in [0.1, 0.15) is 0 Å². The van der Waals surface area contributed by atoms with Crippen LogP contribution in [0.25, 0.3) is 0 Å². The summed E-state index contributed by atoms with van der Waals surface area (Å²) in [7, 11) is 1.44. The standard InChI is InChI=1S/C13H11N3O6/c1-22-9-3-5-13(17)11(7-9)14-10-4-2-8(15(18)19)6-12(10)16(20)21/h2-7,14,17H,1H3. The molecule has 0 spiro atoms. The summed E-state index contributed by atoms with van der Waals surface area (Å²) >= 11 is 0. The van der Waals surface area contributed by atoms with Crippen LogP contribution in [-0.4, -0.2) is 22.1 Å². The first-order valence-corrected chi connectivity index (χ1v) is 5.99. The van der Waals surface area contributed by atoms with E-state index in [0.717, 1.165) is 12.1 Å². The number of rotatable bonds is 5. The molecule has 0 radical (unpaired) electrons. The quantitative estimate of drug-likeness (QED) is 0.493. The normalized spacial score (nSPS) is 10.0. The number of nitrogens with zero attached hydrogens (tertiary/aromatic N) is 2. The molecule has 2 aromatic rings. The van der Waals surface area contributed by atoms with Crippen LogP contribution in [-0.2, 0) is 0 Å². The lowest BCUT2D eigenvalue weighted by Crippen LogP contribution is -1.99. The van der Waals surface area contributed by atoms with E-state index in [9.17, 15) is 25.3 Å². The zero-order valence-electron chi connectivity index (χ0n) is 11.3. The molecule has 9 nitrogen and oxygen atoms in total. The maximum atomic E-state index is 11.1. The third kappa shape index (κ3) is 3.03. The SMILES string of the molecule is COc1ccc(O)c(Nc2ccc([N+](=O)[O-])cc2[N+](=O)[O-])c1. The number of nitrogens with one attached hydrogen (secondary N) is 1. The number of anilines is 2. The highest BCUT2D eigenvalue weighted by molar-refractivity contribution is 5.75. The van der Waals surface area contributed by atoms with Crippen molar-refractivity contribution in [1.82, 2.24) is 0 Å². The Morgan fingerprint density at radius 1 is 1.05 bits per heavy atom. The van der Waals surface area contributed by atoms with E-state index in [4.69, 9.17) is 4.74 Å². The van der Waals surface area contributed by atoms with E-state index in [1.54, 1.807) is 0 Å². The number of non-ortho nitro benzene ring substituents is 1. The number of benzene rings is 2. The van der Waals surface area contributed by atoms with Gasteiger partial charge in [0.15, 0.2) is 0 Å². The molecule has 114 valence electrons. The monoisotopic (exact) mass is 305 g/mol. The van der Waals surface area contributed by atoms with Crippen molar-refractivity contribution in [2.24, 2.45) is 0 Å². The lowest BCUT2D eigenvalue weighted by molar-refractivity contribution is -0.393. The molecule has 0 saturated heterocycles. The van der Waals surface area contributed by atoms with Crippen molar-refractivity contribution in [2.45, 2.75) is 0 Å². The zero-order chi connectivity index (χ0) is 16.3. The van der Waals surface area contributed by atoms with Crippen LogP contribution in [0.5, 0.6) is 11.5 Å². The Balaban J connectivity index is 2.45. The number of nitro benzene ring substituents is 2. The molecule has 0 fully saturated rings. The lowest BCUT2D eigenvalue weighted by atomic mass is 10.2. The van der Waals surface area contributed by atoms with Gasteiger partial charge >= 0.3 is 0 Å². The number of phenols is 1. The molecule has 0 amide bonds. The summed E-state index contributed by atoms with van der Waals surface area (Å²) in [5, 5.41) is 34.2. The van der Waals surface area contributed by atoms with Gasteiger partial charge in [0, 0.05) is 12.1 Å². The molecule has 0 aliphatic rings. The highest BCUT2D eigenvalue weighted by Gasteiger charge is 2.20. The molecule has 0 aliphatic heterocycles. The van der Waals surface area contributed by atoms with E-state index >= 15 is 0 Å². The minimum Gasteiger partial charge on any atom is -0.506 e. The van der Waals surface area contributed by atoms with Crippen molar-refractivity contribution < 1.29 is 19.7 Å². The Bertz CT molecular complexity index is 747. The van der Waals surface area contributed by atoms with E-state index in [1.165, 1.54) is 31.4 Å². The van der Waals surface area contributed by atoms with Gasteiger partial charge in [-0.25, -0.2) is 0 Å². The highest BCUT2D eigenvalue weighted by Crippen LogP contribution is 2.35. The second-order valence-electron chi connectivity index (χ2n) is 4.22. The van der Waals surface area contributed by atoms with Gasteiger partial charge in [0.1, 0.15) is 17.2 Å². The van der Waals surface area contributed by atoms with Crippen molar-refractivity contribution >= 4 is 22.7 Å². The third-order valence-electron chi connectivity index (χ3n) is 2.86. The molecule has 0 saturated carbocycles. The topological polar surface area (TPSA) is 128 Å². The molecule has 9 heteroatoms. The summed E-state index contributed by atoms with van der Waals surface area (Å²) < 4.78 is 5.00. The van der Waals surface area contributed by atoms with Gasteiger partial charge < -0.3 is 15.2 Å². The molecule has 2 rings (SSSR count). The Hall–Kier alpha value is -3.36. The molecule has 0 heterocycles. The number of hydrogen-bond acceptors (Lipinski definition) is 7. The van der Waals surface area contributed by atoms with Gasteiger partial charge in [-0.05, 0) is 18.2 Å². The van der Waals surface area contributed by atoms with Crippen LogP contribution in [0.3, 0.4) is 0 Å². The van der Waals surface area contributed by atoms with E-state index in [2.05, 4.69) is 5.32 Å². The number of methoxy groups -OCH3 is 1. The summed E-state index contributed by atoms with van der Waals surface area (Å²) in [6, 6.07) is 7.50. The third-order valence-corrected chi connectivity index (χ3v) is 2.86. The molecule has 0 bridgehead atoms. The molecule has 2 N–H and O–H groups in total. The fraction of sp³-hybridized carbons (Fsp3) is 0.0769. The largest absolute Gasteiger partial charge is 0.506 e. The average Bonchev–Trinajstić information content (AvgIpc) is 2.49. The lowest BCUT2D eigenvalue weighted by Gasteiger charge is -2.10. The Labute approximate surface area is 124 Å². The van der Waals surface area contributed by atoms with Crippen LogP contribution in [0.4, 0.5) is 22.7 Å². The average molecular weight is 305 g/mol. The summed E-state index contributed by atoms with van der Waals surface area (Å²) in [5.41, 5.74) is -0.681. The van der Waals surface area contributed by atoms with Gasteiger partial charge in [-0.3, -0.25) is 20.2 Å². The molecular weight excluding hydrogens is 294 g/mol. The van der Waals surface area contributed by atoms with Crippen LogP contribution in [0.2, 0.25) is 0 Å². The number of aromatic hydroxyl groups is 1. The maximum Gasteiger partial charge on any atom is 0.299 e. The zero-order valence-corrected chi connectivity index (χ0v) is 11.3. The molecule has 0 aliphatic carbocycles. The summed E-state index contributed by atoms with van der Waals surface area (Å²) in [6.45, 7) is 0. The Kier molecular flexibility index (Phi) is 4.07. The van der Waals surface area contributed by atoms with Crippen molar-refractivity contribution in [3.8, 4) is 11.5 Å². The number of nitro groups is 2. The molecular formula is C13H11N3O6. The predicted molar refractivity (Wildman–Crippen MR) is 77.7 cm³/mol. The summed E-state index contributed by atoms with van der Waals surface area (Å²) in [6.07, 6.45) is 0. The van der Waals surface area contributed by atoms with Crippen LogP contribution in [0, 0.1) is 20.2 Å². The fourth-order valence-electron chi connectivity index (χ4n) is 1.78. The van der Waals surface area contributed by atoms with E-state index in [1.807, 2.05) is 0 Å². The smallest absolute Gasteiger partial charge is 0.299 e. The van der Waals surface area contributed by atoms with Crippen LogP contribution in [0.15, 0.2) is 36.4 Å². The van der Waals surface area contributed by atoms with Crippen molar-refractivity contribution in [3.63, 3.8) is 0 Å². The molecule has 0 aromatic heterocycles. The van der Waals surface area contributed by atoms with Gasteiger partial charge in [0.2, 0.25) is 0 Å². The van der Waals surface area contributed by atoms with Crippen molar-refractivity contribution in [3.05, 3.63) is 56.6 Å². The first-order valence-electron chi connectivity index (χ1n) is 5.99. The minimum atomic E-state index is -0.743. The molecule has 0 atom stereocenters. The van der Waals surface area contributed by atoms with Gasteiger partial charge in [0.25, 0.3) is 11.4 Å². The van der Waals surface area contributed by atoms with Gasteiger partial charge in [-0.2, -0.15) is 0 Å². The fourth-order valence-corrected chi connectivity index (χ4v) is 1.78. The molecule has 2 aromatic carbocycles. The van der Waals surface area contributed by atoms with Crippen molar-refractivity contribution in [2.75, 3.05) is 12.4 Å². The summed E-state index contributed by atoms with van der Waals surface area (Å²) in [5.74, 6) is 0.290. The van der Waals surface area contributed by atoms with E-state index in [0.29, 0.717) is 5.75 Å².